The number of anilines is 1. The highest BCUT2D eigenvalue weighted by atomic mass is 35.5. The molecule has 2 rings (SSSR count). The molecule has 0 aliphatic rings. The van der Waals surface area contributed by atoms with Gasteiger partial charge < -0.3 is 0 Å². The van der Waals surface area contributed by atoms with Gasteiger partial charge >= 0.3 is 0 Å². The lowest BCUT2D eigenvalue weighted by molar-refractivity contribution is 1.23. The van der Waals surface area contributed by atoms with Gasteiger partial charge in [0.05, 0.1) is 11.4 Å². The maximum absolute atomic E-state index is 9.02. The number of hydrogen-bond acceptors (Lipinski definition) is 4. The molecule has 0 aliphatic heterocycles. The van der Waals surface area contributed by atoms with E-state index in [4.69, 9.17) is 51.7 Å². The van der Waals surface area contributed by atoms with Crippen LogP contribution in [0.15, 0.2) is 51.7 Å². The molecular formula is C14H7Cl4N5. The van der Waals surface area contributed by atoms with Crippen molar-refractivity contribution in [2.24, 2.45) is 15.3 Å². The Morgan fingerprint density at radius 1 is 0.870 bits per heavy atom. The summed E-state index contributed by atoms with van der Waals surface area (Å²) in [7, 11) is 0. The number of hydrazone groups is 1. The highest BCUT2D eigenvalue weighted by molar-refractivity contribution is 6.35. The molecule has 0 saturated heterocycles. The summed E-state index contributed by atoms with van der Waals surface area (Å²) in [5, 5.41) is 22.1. The van der Waals surface area contributed by atoms with E-state index in [-0.39, 0.29) is 5.84 Å². The van der Waals surface area contributed by atoms with Crippen molar-refractivity contribution in [3.63, 3.8) is 0 Å². The number of rotatable bonds is 3. The molecule has 9 heteroatoms. The van der Waals surface area contributed by atoms with Gasteiger partial charge in [0.25, 0.3) is 5.84 Å². The topological polar surface area (TPSA) is 72.9 Å². The zero-order chi connectivity index (χ0) is 16.8. The average Bonchev–Trinajstić information content (AvgIpc) is 2.45. The van der Waals surface area contributed by atoms with Gasteiger partial charge in [0.2, 0.25) is 0 Å². The molecule has 0 fully saturated rings. The number of nitriles is 1. The first kappa shape index (κ1) is 17.5. The van der Waals surface area contributed by atoms with E-state index >= 15 is 0 Å². The van der Waals surface area contributed by atoms with Crippen molar-refractivity contribution in [3.8, 4) is 6.07 Å². The summed E-state index contributed by atoms with van der Waals surface area (Å²) in [6.07, 6.45) is 0. The zero-order valence-corrected chi connectivity index (χ0v) is 14.3. The Kier molecular flexibility index (Phi) is 6.20. The van der Waals surface area contributed by atoms with Crippen LogP contribution in [0.4, 0.5) is 11.4 Å². The molecule has 0 heterocycles. The molecule has 2 aromatic rings. The smallest absolute Gasteiger partial charge is 0.270 e. The van der Waals surface area contributed by atoms with E-state index in [1.807, 2.05) is 0 Å². The molecule has 0 atom stereocenters. The first-order valence-electron chi connectivity index (χ1n) is 6.04. The van der Waals surface area contributed by atoms with Gasteiger partial charge in [-0.2, -0.15) is 5.26 Å². The fourth-order valence-corrected chi connectivity index (χ4v) is 2.55. The standard InChI is InChI=1S/C14H7Cl4N5/c15-8-1-9(16)4-12(3-8)20-22-14(7-19)23-21-13-5-10(17)2-11(18)6-13/h1-6,20H. The van der Waals surface area contributed by atoms with Crippen LogP contribution in [0.25, 0.3) is 0 Å². The van der Waals surface area contributed by atoms with Crippen LogP contribution in [0.2, 0.25) is 20.1 Å². The molecule has 0 aromatic heterocycles. The average molecular weight is 387 g/mol. The Labute approximate surface area is 152 Å². The molecule has 116 valence electrons. The molecule has 0 spiro atoms. The van der Waals surface area contributed by atoms with E-state index in [1.165, 1.54) is 0 Å². The van der Waals surface area contributed by atoms with E-state index in [1.54, 1.807) is 42.5 Å². The Bertz CT molecular complexity index is 786. The molecule has 23 heavy (non-hydrogen) atoms. The number of amidine groups is 1. The summed E-state index contributed by atoms with van der Waals surface area (Å²) in [6, 6.07) is 11.2. The summed E-state index contributed by atoms with van der Waals surface area (Å²) in [6.45, 7) is 0. The van der Waals surface area contributed by atoms with Gasteiger partial charge in [-0.15, -0.1) is 15.3 Å². The van der Waals surface area contributed by atoms with Crippen molar-refractivity contribution in [2.75, 3.05) is 5.43 Å². The molecule has 0 unspecified atom stereocenters. The van der Waals surface area contributed by atoms with Gasteiger partial charge in [0.1, 0.15) is 6.07 Å². The maximum Gasteiger partial charge on any atom is 0.270 e. The normalized spacial score (nSPS) is 11.5. The third-order valence-corrected chi connectivity index (χ3v) is 3.23. The minimum Gasteiger partial charge on any atom is -0.276 e. The fraction of sp³-hybridized carbons (Fsp3) is 0. The lowest BCUT2D eigenvalue weighted by Crippen LogP contribution is -1.96. The van der Waals surface area contributed by atoms with Crippen LogP contribution in [0.3, 0.4) is 0 Å². The molecule has 0 saturated carbocycles. The van der Waals surface area contributed by atoms with Gasteiger partial charge in [0, 0.05) is 20.1 Å². The number of hydrogen-bond donors (Lipinski definition) is 1. The molecule has 2 aromatic carbocycles. The Balaban J connectivity index is 2.16. The molecule has 5 nitrogen and oxygen atoms in total. The first-order chi connectivity index (χ1) is 11.0. The van der Waals surface area contributed by atoms with Gasteiger partial charge in [0.15, 0.2) is 0 Å². The monoisotopic (exact) mass is 385 g/mol. The Morgan fingerprint density at radius 2 is 1.39 bits per heavy atom. The van der Waals surface area contributed by atoms with E-state index < -0.39 is 0 Å². The third-order valence-electron chi connectivity index (χ3n) is 2.36. The van der Waals surface area contributed by atoms with Gasteiger partial charge in [-0.25, -0.2) is 0 Å². The highest BCUT2D eigenvalue weighted by Crippen LogP contribution is 2.25. The van der Waals surface area contributed by atoms with E-state index in [9.17, 15) is 0 Å². The lowest BCUT2D eigenvalue weighted by Gasteiger charge is -2.01. The van der Waals surface area contributed by atoms with Crippen LogP contribution in [-0.4, -0.2) is 5.84 Å². The number of azo groups is 1. The Hall–Kier alpha value is -1.84. The summed E-state index contributed by atoms with van der Waals surface area (Å²) in [5.41, 5.74) is 3.54. The number of nitrogens with zero attached hydrogens (tertiary/aromatic N) is 4. The largest absolute Gasteiger partial charge is 0.276 e. The third kappa shape index (κ3) is 5.70. The van der Waals surface area contributed by atoms with Crippen molar-refractivity contribution in [3.05, 3.63) is 56.5 Å². The highest BCUT2D eigenvalue weighted by Gasteiger charge is 2.00. The first-order valence-corrected chi connectivity index (χ1v) is 7.55. The van der Waals surface area contributed by atoms with Gasteiger partial charge in [-0.3, -0.25) is 5.43 Å². The second kappa shape index (κ2) is 8.14. The van der Waals surface area contributed by atoms with Crippen LogP contribution in [0.1, 0.15) is 0 Å². The van der Waals surface area contributed by atoms with Crippen LogP contribution in [0, 0.1) is 11.3 Å². The molecule has 0 radical (unpaired) electrons. The predicted octanol–water partition coefficient (Wildman–Crippen LogP) is 6.33. The summed E-state index contributed by atoms with van der Waals surface area (Å²) >= 11 is 23.4. The predicted molar refractivity (Wildman–Crippen MR) is 94.1 cm³/mol. The Morgan fingerprint density at radius 3 is 1.91 bits per heavy atom. The number of benzene rings is 2. The van der Waals surface area contributed by atoms with Crippen molar-refractivity contribution >= 4 is 63.6 Å². The summed E-state index contributed by atoms with van der Waals surface area (Å²) < 4.78 is 0. The number of halogens is 4. The molecule has 0 amide bonds. The van der Waals surface area contributed by atoms with Crippen LogP contribution < -0.4 is 5.43 Å². The maximum atomic E-state index is 9.02. The van der Waals surface area contributed by atoms with Crippen molar-refractivity contribution in [2.45, 2.75) is 0 Å². The second-order valence-electron chi connectivity index (χ2n) is 4.14. The van der Waals surface area contributed by atoms with E-state index in [0.29, 0.717) is 31.5 Å². The lowest BCUT2D eigenvalue weighted by atomic mass is 10.3. The molecular weight excluding hydrogens is 380 g/mol. The van der Waals surface area contributed by atoms with E-state index in [2.05, 4.69) is 20.8 Å². The minimum absolute atomic E-state index is 0.197. The quantitative estimate of drug-likeness (QED) is 0.289. The van der Waals surface area contributed by atoms with E-state index in [0.717, 1.165) is 0 Å². The van der Waals surface area contributed by atoms with Crippen molar-refractivity contribution in [1.82, 2.24) is 0 Å². The van der Waals surface area contributed by atoms with Crippen molar-refractivity contribution < 1.29 is 0 Å². The van der Waals surface area contributed by atoms with Crippen LogP contribution in [-0.2, 0) is 0 Å². The summed E-state index contributed by atoms with van der Waals surface area (Å²) in [4.78, 5) is 0. The minimum atomic E-state index is -0.197. The fourth-order valence-electron chi connectivity index (χ4n) is 1.51. The SMILES string of the molecule is N#CC(N=Nc1cc(Cl)cc(Cl)c1)=NNc1cc(Cl)cc(Cl)c1. The van der Waals surface area contributed by atoms with Crippen molar-refractivity contribution in [1.29, 1.82) is 5.26 Å². The number of nitrogens with one attached hydrogen (secondary N) is 1. The van der Waals surface area contributed by atoms with Crippen LogP contribution in [0.5, 0.6) is 0 Å². The molecule has 0 aliphatic carbocycles. The summed E-state index contributed by atoms with van der Waals surface area (Å²) in [5.74, 6) is -0.197. The van der Waals surface area contributed by atoms with Gasteiger partial charge in [-0.1, -0.05) is 46.4 Å². The zero-order valence-electron chi connectivity index (χ0n) is 11.3. The second-order valence-corrected chi connectivity index (χ2v) is 5.89. The molecule has 0 bridgehead atoms. The van der Waals surface area contributed by atoms with Gasteiger partial charge in [-0.05, 0) is 36.4 Å². The van der Waals surface area contributed by atoms with Crippen LogP contribution >= 0.6 is 46.4 Å². The molecule has 1 N–H and O–H groups in total.